The van der Waals surface area contributed by atoms with Crippen LogP contribution in [-0.2, 0) is 10.5 Å². The van der Waals surface area contributed by atoms with E-state index in [1.165, 1.54) is 11.8 Å². The van der Waals surface area contributed by atoms with Gasteiger partial charge < -0.3 is 4.52 Å². The van der Waals surface area contributed by atoms with Gasteiger partial charge in [-0.1, -0.05) is 47.6 Å². The fraction of sp³-hybridized carbons (Fsp3) is 0.261. The number of carbonyl (C=O) groups excluding carboxylic acids is 2. The molecule has 2 heterocycles. The summed E-state index contributed by atoms with van der Waals surface area (Å²) in [5.74, 6) is 0.739. The molecular weight excluding hydrogens is 426 g/mol. The minimum absolute atomic E-state index is 0.0316. The van der Waals surface area contributed by atoms with E-state index in [0.717, 1.165) is 27.5 Å². The number of carbonyl (C=O) groups is 2. The summed E-state index contributed by atoms with van der Waals surface area (Å²) in [5, 5.41) is 3.97. The molecule has 0 bridgehead atoms. The molecule has 0 radical (unpaired) electrons. The van der Waals surface area contributed by atoms with E-state index in [1.54, 1.807) is 12.1 Å². The highest BCUT2D eigenvalue weighted by Crippen LogP contribution is 2.28. The zero-order chi connectivity index (χ0) is 22.5. The molecule has 2 amide bonds. The molecule has 2 unspecified atom stereocenters. The van der Waals surface area contributed by atoms with E-state index >= 15 is 0 Å². The highest BCUT2D eigenvalue weighted by molar-refractivity contribution is 7.98. The average molecular weight is 452 g/mol. The largest absolute Gasteiger partial charge is 0.361 e. The molecular formula is C23H25N5O3S. The Morgan fingerprint density at radius 3 is 2.56 bits per heavy atom. The lowest BCUT2D eigenvalue weighted by Gasteiger charge is -2.13. The Kier molecular flexibility index (Phi) is 6.89. The van der Waals surface area contributed by atoms with Crippen LogP contribution in [0.1, 0.15) is 45.4 Å². The molecule has 2 atom stereocenters. The summed E-state index contributed by atoms with van der Waals surface area (Å²) in [4.78, 5) is 26.1. The van der Waals surface area contributed by atoms with Gasteiger partial charge >= 0.3 is 0 Å². The molecule has 0 aliphatic carbocycles. The fourth-order valence-electron chi connectivity index (χ4n) is 3.54. The fourth-order valence-corrected chi connectivity index (χ4v) is 4.75. The van der Waals surface area contributed by atoms with E-state index in [4.69, 9.17) is 4.52 Å². The van der Waals surface area contributed by atoms with Crippen LogP contribution in [-0.4, -0.2) is 23.0 Å². The van der Waals surface area contributed by atoms with Gasteiger partial charge in [0.2, 0.25) is 0 Å². The third-order valence-electron chi connectivity index (χ3n) is 5.41. The zero-order valence-corrected chi connectivity index (χ0v) is 18.7. The number of amides is 2. The molecule has 1 aliphatic heterocycles. The van der Waals surface area contributed by atoms with E-state index < -0.39 is 6.04 Å². The quantitative estimate of drug-likeness (QED) is 0.337. The summed E-state index contributed by atoms with van der Waals surface area (Å²) in [6.45, 7) is 3.77. The number of aryl methyl sites for hydroxylation is 2. The van der Waals surface area contributed by atoms with Crippen molar-refractivity contribution in [3.05, 3.63) is 82.7 Å². The third kappa shape index (κ3) is 5.01. The van der Waals surface area contributed by atoms with Gasteiger partial charge in [0.15, 0.2) is 0 Å². The minimum Gasteiger partial charge on any atom is -0.361 e. The van der Waals surface area contributed by atoms with Gasteiger partial charge in [-0.05, 0) is 38.0 Å². The van der Waals surface area contributed by atoms with E-state index in [0.29, 0.717) is 17.7 Å². The van der Waals surface area contributed by atoms with Crippen LogP contribution in [0, 0.1) is 13.8 Å². The topological polar surface area (TPSA) is 108 Å². The Morgan fingerprint density at radius 1 is 1.06 bits per heavy atom. The summed E-state index contributed by atoms with van der Waals surface area (Å²) >= 11 is 1.52. The standard InChI is InChI=1S/C23H25N5O3S/c1-14-18(15(2)31-28-14)13-32-21-11-7-6-10-17(21)22(29)26-27-23(30)20-12-19(24-25-20)16-8-4-3-5-9-16/h3-11,19-20,24-25H,12-13H2,1-2H3,(H,26,29)(H,27,30). The first-order valence-electron chi connectivity index (χ1n) is 10.3. The Bertz CT molecular complexity index is 1080. The number of benzene rings is 2. The second-order valence-corrected chi connectivity index (χ2v) is 8.59. The molecule has 4 rings (SSSR count). The maximum Gasteiger partial charge on any atom is 0.270 e. The summed E-state index contributed by atoms with van der Waals surface area (Å²) in [7, 11) is 0. The van der Waals surface area contributed by atoms with Gasteiger partial charge in [-0.2, -0.15) is 0 Å². The molecule has 8 nitrogen and oxygen atoms in total. The predicted octanol–water partition coefficient (Wildman–Crippen LogP) is 2.95. The molecule has 0 spiro atoms. The Balaban J connectivity index is 1.33. The van der Waals surface area contributed by atoms with Crippen molar-refractivity contribution in [1.29, 1.82) is 0 Å². The van der Waals surface area contributed by atoms with Crippen molar-refractivity contribution >= 4 is 23.6 Å². The van der Waals surface area contributed by atoms with Crippen molar-refractivity contribution in [3.63, 3.8) is 0 Å². The van der Waals surface area contributed by atoms with E-state index in [1.807, 2.05) is 56.3 Å². The van der Waals surface area contributed by atoms with Gasteiger partial charge in [0.05, 0.1) is 11.3 Å². The molecule has 0 saturated carbocycles. The first-order valence-corrected chi connectivity index (χ1v) is 11.3. The van der Waals surface area contributed by atoms with Gasteiger partial charge in [-0.15, -0.1) is 11.8 Å². The Labute approximate surface area is 190 Å². The lowest BCUT2D eigenvalue weighted by atomic mass is 10.0. The SMILES string of the molecule is Cc1noc(C)c1CSc1ccccc1C(=O)NNC(=O)C1CC(c2ccccc2)NN1. The van der Waals surface area contributed by atoms with Gasteiger partial charge in [0, 0.05) is 22.3 Å². The first-order chi connectivity index (χ1) is 15.5. The summed E-state index contributed by atoms with van der Waals surface area (Å²) < 4.78 is 5.21. The number of hydrogen-bond acceptors (Lipinski definition) is 7. The average Bonchev–Trinajstić information content (AvgIpc) is 3.44. The third-order valence-corrected chi connectivity index (χ3v) is 6.51. The van der Waals surface area contributed by atoms with E-state index in [9.17, 15) is 9.59 Å². The Hall–Kier alpha value is -3.14. The zero-order valence-electron chi connectivity index (χ0n) is 17.8. The molecule has 1 saturated heterocycles. The predicted molar refractivity (Wildman–Crippen MR) is 121 cm³/mol. The van der Waals surface area contributed by atoms with Crippen LogP contribution in [0.4, 0.5) is 0 Å². The van der Waals surface area contributed by atoms with E-state index in [2.05, 4.69) is 26.9 Å². The van der Waals surface area contributed by atoms with Crippen molar-refractivity contribution in [2.75, 3.05) is 0 Å². The molecule has 166 valence electrons. The lowest BCUT2D eigenvalue weighted by Crippen LogP contribution is -2.50. The molecule has 9 heteroatoms. The maximum absolute atomic E-state index is 12.8. The highest BCUT2D eigenvalue weighted by atomic mass is 32.2. The second-order valence-electron chi connectivity index (χ2n) is 7.57. The summed E-state index contributed by atoms with van der Waals surface area (Å²) in [6, 6.07) is 16.8. The van der Waals surface area contributed by atoms with Crippen molar-refractivity contribution < 1.29 is 14.1 Å². The smallest absolute Gasteiger partial charge is 0.270 e. The van der Waals surface area contributed by atoms with Crippen molar-refractivity contribution in [2.24, 2.45) is 0 Å². The van der Waals surface area contributed by atoms with Crippen molar-refractivity contribution in [3.8, 4) is 0 Å². The molecule has 1 fully saturated rings. The lowest BCUT2D eigenvalue weighted by molar-refractivity contribution is -0.123. The number of hydrogen-bond donors (Lipinski definition) is 4. The number of rotatable bonds is 6. The number of thioether (sulfide) groups is 1. The van der Waals surface area contributed by atoms with Crippen LogP contribution in [0.25, 0.3) is 0 Å². The molecule has 3 aromatic rings. The first kappa shape index (κ1) is 22.1. The molecule has 2 aromatic carbocycles. The molecule has 4 N–H and O–H groups in total. The molecule has 32 heavy (non-hydrogen) atoms. The number of hydrazine groups is 2. The normalized spacial score (nSPS) is 17.8. The van der Waals surface area contributed by atoms with Gasteiger partial charge in [0.25, 0.3) is 11.8 Å². The number of nitrogens with one attached hydrogen (secondary N) is 4. The van der Waals surface area contributed by atoms with E-state index in [-0.39, 0.29) is 17.9 Å². The van der Waals surface area contributed by atoms with Crippen LogP contribution < -0.4 is 21.7 Å². The van der Waals surface area contributed by atoms with Crippen LogP contribution in [0.3, 0.4) is 0 Å². The highest BCUT2D eigenvalue weighted by Gasteiger charge is 2.30. The van der Waals surface area contributed by atoms with Crippen LogP contribution in [0.2, 0.25) is 0 Å². The monoisotopic (exact) mass is 451 g/mol. The maximum atomic E-state index is 12.8. The van der Waals surface area contributed by atoms with Crippen molar-refractivity contribution in [2.45, 2.75) is 43.0 Å². The summed E-state index contributed by atoms with van der Waals surface area (Å²) in [6.07, 6.45) is 0.579. The van der Waals surface area contributed by atoms with Gasteiger partial charge in [-0.25, -0.2) is 10.9 Å². The number of aromatic nitrogens is 1. The Morgan fingerprint density at radius 2 is 1.81 bits per heavy atom. The van der Waals surface area contributed by atoms with Gasteiger partial charge in [0.1, 0.15) is 11.8 Å². The van der Waals surface area contributed by atoms with Crippen LogP contribution in [0.5, 0.6) is 0 Å². The van der Waals surface area contributed by atoms with Crippen molar-refractivity contribution in [1.82, 2.24) is 26.9 Å². The van der Waals surface area contributed by atoms with Gasteiger partial charge in [-0.3, -0.25) is 20.4 Å². The molecule has 1 aromatic heterocycles. The summed E-state index contributed by atoms with van der Waals surface area (Å²) in [5.41, 5.74) is 14.7. The number of nitrogens with zero attached hydrogens (tertiary/aromatic N) is 1. The minimum atomic E-state index is -0.454. The molecule has 1 aliphatic rings. The second kappa shape index (κ2) is 9.99. The van der Waals surface area contributed by atoms with Crippen LogP contribution in [0.15, 0.2) is 64.0 Å². The van der Waals surface area contributed by atoms with Crippen LogP contribution >= 0.6 is 11.8 Å².